The maximum absolute atomic E-state index is 2.47. The molecule has 3 nitrogen and oxygen atoms in total. The van der Waals surface area contributed by atoms with Crippen molar-refractivity contribution in [2.75, 3.05) is 14.7 Å². The summed E-state index contributed by atoms with van der Waals surface area (Å²) in [5.74, 6) is 0. The minimum Gasteiger partial charge on any atom is -0.310 e. The minimum atomic E-state index is -0.689. The van der Waals surface area contributed by atoms with Crippen LogP contribution in [-0.4, -0.2) is 0 Å². The quantitative estimate of drug-likeness (QED) is 0.143. The molecule has 0 atom stereocenters. The van der Waals surface area contributed by atoms with Crippen LogP contribution >= 0.6 is 0 Å². The fourth-order valence-corrected chi connectivity index (χ4v) is 11.1. The average molecular weight is 884 g/mol. The Morgan fingerprint density at radius 1 is 0.279 bits per heavy atom. The largest absolute Gasteiger partial charge is 0.310 e. The molecule has 0 aromatic heterocycles. The molecule has 10 rings (SSSR count). The number of nitrogens with zero attached hydrogens (tertiary/aromatic N) is 3. The number of aryl methyl sites for hydroxylation is 10. The summed E-state index contributed by atoms with van der Waals surface area (Å²) in [6, 6.07) is 71.4. The monoisotopic (exact) mass is 883 g/mol. The van der Waals surface area contributed by atoms with Gasteiger partial charge in [-0.15, -0.1) is 0 Å². The van der Waals surface area contributed by atoms with Gasteiger partial charge in [0.15, 0.2) is 0 Å². The van der Waals surface area contributed by atoms with Gasteiger partial charge in [0.05, 0.1) is 16.8 Å². The van der Waals surface area contributed by atoms with Crippen LogP contribution < -0.4 is 14.7 Å². The van der Waals surface area contributed by atoms with E-state index < -0.39 is 5.41 Å². The molecule has 336 valence electrons. The lowest BCUT2D eigenvalue weighted by molar-refractivity contribution is 0.730. The SMILES string of the molecule is Cc1ccc(N2c3ccccc3C(c3ccc(N(c4cc(C)cc(C)c4)c4cc(C)cc(C)c4)cc3)(c3ccc(N(c4cc(C)cc(C)c4)c4cc(C)cc(C)c4)cc3)c3cc(C)ccc32)cc1. The van der Waals surface area contributed by atoms with E-state index in [1.807, 2.05) is 0 Å². The van der Waals surface area contributed by atoms with Crippen LogP contribution in [0.2, 0.25) is 0 Å². The van der Waals surface area contributed by atoms with Gasteiger partial charge < -0.3 is 14.7 Å². The summed E-state index contributed by atoms with van der Waals surface area (Å²) < 4.78 is 0. The lowest BCUT2D eigenvalue weighted by Crippen LogP contribution is -2.38. The fourth-order valence-electron chi connectivity index (χ4n) is 11.1. The van der Waals surface area contributed by atoms with Crippen molar-refractivity contribution in [3.63, 3.8) is 0 Å². The van der Waals surface area contributed by atoms with E-state index in [-0.39, 0.29) is 0 Å². The van der Waals surface area contributed by atoms with Crippen molar-refractivity contribution in [1.29, 1.82) is 0 Å². The predicted octanol–water partition coefficient (Wildman–Crippen LogP) is 17.9. The molecule has 9 aromatic carbocycles. The molecule has 0 N–H and O–H groups in total. The highest BCUT2D eigenvalue weighted by Crippen LogP contribution is 2.58. The van der Waals surface area contributed by atoms with E-state index in [9.17, 15) is 0 Å². The summed E-state index contributed by atoms with van der Waals surface area (Å²) in [5, 5.41) is 0. The zero-order valence-corrected chi connectivity index (χ0v) is 41.2. The molecule has 3 heteroatoms. The standard InChI is InChI=1S/C65H61N3/c1-42-15-22-56(23-16-42)68-63-14-12-11-13-61(63)65(62-41-43(2)17-28-64(62)68,52-18-24-54(25-19-52)66(57-33-44(3)29-45(4)34-57)58-35-46(5)30-47(6)36-58)53-20-26-55(27-21-53)67(59-37-48(7)31-49(8)38-59)60-39-50(9)32-51(10)40-60/h11-41H,1-10H3. The second-order valence-electron chi connectivity index (χ2n) is 19.6. The summed E-state index contributed by atoms with van der Waals surface area (Å²) in [5.41, 5.74) is 26.9. The van der Waals surface area contributed by atoms with Crippen LogP contribution in [0.1, 0.15) is 77.9 Å². The van der Waals surface area contributed by atoms with Gasteiger partial charge in [-0.2, -0.15) is 0 Å². The Balaban J connectivity index is 1.23. The van der Waals surface area contributed by atoms with Crippen LogP contribution in [0.4, 0.5) is 51.2 Å². The van der Waals surface area contributed by atoms with Crippen LogP contribution in [0.5, 0.6) is 0 Å². The first-order chi connectivity index (χ1) is 32.7. The van der Waals surface area contributed by atoms with Crippen LogP contribution in [-0.2, 0) is 5.41 Å². The first-order valence-electron chi connectivity index (χ1n) is 24.0. The molecule has 1 aliphatic heterocycles. The molecule has 0 amide bonds. The molecule has 0 radical (unpaired) electrons. The van der Waals surface area contributed by atoms with Crippen LogP contribution in [0.3, 0.4) is 0 Å². The fraction of sp³-hybridized carbons (Fsp3) is 0.169. The highest BCUT2D eigenvalue weighted by Gasteiger charge is 2.46. The van der Waals surface area contributed by atoms with Gasteiger partial charge in [0.25, 0.3) is 0 Å². The number of rotatable bonds is 9. The van der Waals surface area contributed by atoms with Gasteiger partial charge in [0.2, 0.25) is 0 Å². The number of fused-ring (bicyclic) bond motifs is 2. The summed E-state index contributed by atoms with van der Waals surface area (Å²) >= 11 is 0. The van der Waals surface area contributed by atoms with E-state index in [2.05, 4.69) is 272 Å². The number of hydrogen-bond donors (Lipinski definition) is 0. The topological polar surface area (TPSA) is 9.72 Å². The smallest absolute Gasteiger partial charge is 0.0742 e. The zero-order chi connectivity index (χ0) is 47.4. The number of anilines is 9. The third kappa shape index (κ3) is 8.06. The first-order valence-corrected chi connectivity index (χ1v) is 24.0. The number of hydrogen-bond acceptors (Lipinski definition) is 3. The molecule has 1 aliphatic rings. The molecule has 0 spiro atoms. The molecule has 0 aliphatic carbocycles. The Labute approximate surface area is 404 Å². The van der Waals surface area contributed by atoms with E-state index in [1.165, 1.54) is 89.3 Å². The lowest BCUT2D eigenvalue weighted by Gasteiger charge is -2.47. The van der Waals surface area contributed by atoms with Crippen molar-refractivity contribution in [3.8, 4) is 0 Å². The van der Waals surface area contributed by atoms with Gasteiger partial charge in [-0.3, -0.25) is 0 Å². The van der Waals surface area contributed by atoms with Crippen molar-refractivity contribution in [2.45, 2.75) is 74.7 Å². The van der Waals surface area contributed by atoms with E-state index in [4.69, 9.17) is 0 Å². The molecule has 1 heterocycles. The third-order valence-corrected chi connectivity index (χ3v) is 13.6. The highest BCUT2D eigenvalue weighted by molar-refractivity contribution is 5.90. The second-order valence-corrected chi connectivity index (χ2v) is 19.6. The molecule has 0 unspecified atom stereocenters. The van der Waals surface area contributed by atoms with E-state index >= 15 is 0 Å². The summed E-state index contributed by atoms with van der Waals surface area (Å²) in [6.45, 7) is 21.9. The predicted molar refractivity (Wildman–Crippen MR) is 290 cm³/mol. The zero-order valence-electron chi connectivity index (χ0n) is 41.2. The Hall–Kier alpha value is -7.62. The summed E-state index contributed by atoms with van der Waals surface area (Å²) in [6.07, 6.45) is 0. The van der Waals surface area contributed by atoms with Gasteiger partial charge in [0, 0.05) is 39.8 Å². The number of benzene rings is 9. The van der Waals surface area contributed by atoms with Crippen LogP contribution in [0.25, 0.3) is 0 Å². The van der Waals surface area contributed by atoms with E-state index in [0.717, 1.165) is 39.8 Å². The average Bonchev–Trinajstić information content (AvgIpc) is 3.28. The molecular formula is C65H61N3. The van der Waals surface area contributed by atoms with Crippen LogP contribution in [0.15, 0.2) is 188 Å². The van der Waals surface area contributed by atoms with Crippen molar-refractivity contribution in [1.82, 2.24) is 0 Å². The normalized spacial score (nSPS) is 12.6. The minimum absolute atomic E-state index is 0.689. The molecule has 0 saturated heterocycles. The van der Waals surface area contributed by atoms with Crippen molar-refractivity contribution < 1.29 is 0 Å². The van der Waals surface area contributed by atoms with Crippen molar-refractivity contribution in [2.24, 2.45) is 0 Å². The maximum atomic E-state index is 2.47. The van der Waals surface area contributed by atoms with E-state index in [1.54, 1.807) is 0 Å². The summed E-state index contributed by atoms with van der Waals surface area (Å²) in [4.78, 5) is 7.31. The van der Waals surface area contributed by atoms with E-state index in [0.29, 0.717) is 0 Å². The van der Waals surface area contributed by atoms with Crippen molar-refractivity contribution in [3.05, 3.63) is 266 Å². The molecule has 0 saturated carbocycles. The third-order valence-electron chi connectivity index (χ3n) is 13.6. The van der Waals surface area contributed by atoms with Gasteiger partial charge in [-0.25, -0.2) is 0 Å². The second kappa shape index (κ2) is 17.6. The Kier molecular flexibility index (Phi) is 11.4. The van der Waals surface area contributed by atoms with Crippen molar-refractivity contribution >= 4 is 51.2 Å². The molecular weight excluding hydrogens is 823 g/mol. The lowest BCUT2D eigenvalue weighted by atomic mass is 9.62. The Bertz CT molecular complexity index is 3010. The highest BCUT2D eigenvalue weighted by atomic mass is 15.2. The molecule has 68 heavy (non-hydrogen) atoms. The van der Waals surface area contributed by atoms with Crippen LogP contribution in [0, 0.1) is 69.2 Å². The number of para-hydroxylation sites is 1. The molecule has 0 bridgehead atoms. The Morgan fingerprint density at radius 2 is 0.632 bits per heavy atom. The molecule has 0 fully saturated rings. The first kappa shape index (κ1) is 44.2. The van der Waals surface area contributed by atoms with Gasteiger partial charge in [0.1, 0.15) is 0 Å². The maximum Gasteiger partial charge on any atom is 0.0742 e. The van der Waals surface area contributed by atoms with Gasteiger partial charge in [-0.1, -0.05) is 102 Å². The Morgan fingerprint density at radius 3 is 1.03 bits per heavy atom. The molecule has 9 aromatic rings. The van der Waals surface area contributed by atoms with Gasteiger partial charge >= 0.3 is 0 Å². The van der Waals surface area contributed by atoms with Gasteiger partial charge in [-0.05, 0) is 233 Å². The summed E-state index contributed by atoms with van der Waals surface area (Å²) in [7, 11) is 0.